The molecule has 2 N–H and O–H groups in total. The lowest BCUT2D eigenvalue weighted by molar-refractivity contribution is -0.111. The predicted octanol–water partition coefficient (Wildman–Crippen LogP) is 2.50. The van der Waals surface area contributed by atoms with E-state index in [-0.39, 0.29) is 18.8 Å². The highest BCUT2D eigenvalue weighted by Gasteiger charge is 2.13. The maximum Gasteiger partial charge on any atom is 0.340 e. The molecule has 7 heteroatoms. The summed E-state index contributed by atoms with van der Waals surface area (Å²) < 4.78 is 15.3. The maximum atomic E-state index is 12.2. The Balaban J connectivity index is 2.10. The van der Waals surface area contributed by atoms with E-state index in [0.717, 1.165) is 5.56 Å². The summed E-state index contributed by atoms with van der Waals surface area (Å²) in [5.74, 6) is 0.113. The van der Waals surface area contributed by atoms with Crippen LogP contribution in [0.5, 0.6) is 11.5 Å². The minimum atomic E-state index is -0.621. The average Bonchev–Trinajstić information content (AvgIpc) is 2.70. The number of ether oxygens (including phenoxy) is 3. The van der Waals surface area contributed by atoms with Gasteiger partial charge in [0.25, 0.3) is 0 Å². The molecule has 0 aliphatic carbocycles. The van der Waals surface area contributed by atoms with Crippen LogP contribution in [0.4, 0.5) is 5.69 Å². The van der Waals surface area contributed by atoms with Gasteiger partial charge in [-0.15, -0.1) is 0 Å². The molecule has 2 aromatic rings. The van der Waals surface area contributed by atoms with Gasteiger partial charge in [0.1, 0.15) is 6.61 Å². The average molecular weight is 371 g/mol. The van der Waals surface area contributed by atoms with E-state index in [1.807, 2.05) is 0 Å². The first-order valence-corrected chi connectivity index (χ1v) is 8.17. The molecule has 7 nitrogen and oxygen atoms in total. The van der Waals surface area contributed by atoms with Gasteiger partial charge in [0.2, 0.25) is 5.91 Å². The molecule has 0 heterocycles. The summed E-state index contributed by atoms with van der Waals surface area (Å²) in [6.45, 7) is -0.380. The van der Waals surface area contributed by atoms with Crippen molar-refractivity contribution < 1.29 is 28.9 Å². The Kier molecular flexibility index (Phi) is 7.39. The number of rotatable bonds is 8. The highest BCUT2D eigenvalue weighted by atomic mass is 16.5. The molecule has 0 saturated carbocycles. The SMILES string of the molecule is COc1ccc(C=CC(=O)Nc2ccccc2C(=O)OCCO)cc1OC. The molecule has 0 aliphatic heterocycles. The molecule has 1 amide bonds. The van der Waals surface area contributed by atoms with Crippen LogP contribution < -0.4 is 14.8 Å². The van der Waals surface area contributed by atoms with Crippen LogP contribution in [0.15, 0.2) is 48.5 Å². The minimum Gasteiger partial charge on any atom is -0.493 e. The van der Waals surface area contributed by atoms with Gasteiger partial charge in [-0.2, -0.15) is 0 Å². The highest BCUT2D eigenvalue weighted by Crippen LogP contribution is 2.28. The summed E-state index contributed by atoms with van der Waals surface area (Å²) in [7, 11) is 3.08. The number of para-hydroxylation sites is 1. The molecule has 0 saturated heterocycles. The van der Waals surface area contributed by atoms with Gasteiger partial charge in [-0.3, -0.25) is 4.79 Å². The normalized spacial score (nSPS) is 10.5. The maximum absolute atomic E-state index is 12.2. The quantitative estimate of drug-likeness (QED) is 0.547. The number of benzene rings is 2. The van der Waals surface area contributed by atoms with Crippen molar-refractivity contribution in [3.05, 3.63) is 59.7 Å². The molecule has 0 bridgehead atoms. The smallest absolute Gasteiger partial charge is 0.340 e. The number of hydrogen-bond acceptors (Lipinski definition) is 6. The van der Waals surface area contributed by atoms with Crippen molar-refractivity contribution in [3.8, 4) is 11.5 Å². The fourth-order valence-corrected chi connectivity index (χ4v) is 2.29. The van der Waals surface area contributed by atoms with Crippen LogP contribution in [0.2, 0.25) is 0 Å². The Morgan fingerprint density at radius 3 is 2.52 bits per heavy atom. The van der Waals surface area contributed by atoms with E-state index < -0.39 is 11.9 Å². The van der Waals surface area contributed by atoms with Gasteiger partial charge < -0.3 is 24.6 Å². The number of carbonyl (C=O) groups is 2. The minimum absolute atomic E-state index is 0.111. The molecule has 0 fully saturated rings. The van der Waals surface area contributed by atoms with Crippen LogP contribution in [0, 0.1) is 0 Å². The Labute approximate surface area is 157 Å². The lowest BCUT2D eigenvalue weighted by Gasteiger charge is -2.09. The van der Waals surface area contributed by atoms with Gasteiger partial charge in [-0.25, -0.2) is 4.79 Å². The van der Waals surface area contributed by atoms with E-state index in [4.69, 9.17) is 19.3 Å². The predicted molar refractivity (Wildman–Crippen MR) is 101 cm³/mol. The third kappa shape index (κ3) is 5.58. The topological polar surface area (TPSA) is 94.1 Å². The van der Waals surface area contributed by atoms with Crippen LogP contribution >= 0.6 is 0 Å². The first kappa shape index (κ1) is 20.0. The molecule has 2 rings (SSSR count). The van der Waals surface area contributed by atoms with Gasteiger partial charge in [-0.1, -0.05) is 18.2 Å². The molecule has 142 valence electrons. The number of hydrogen-bond donors (Lipinski definition) is 2. The Morgan fingerprint density at radius 1 is 1.07 bits per heavy atom. The lowest BCUT2D eigenvalue weighted by Crippen LogP contribution is -2.14. The summed E-state index contributed by atoms with van der Waals surface area (Å²) in [6, 6.07) is 11.7. The Bertz CT molecular complexity index is 831. The molecule has 0 spiro atoms. The monoisotopic (exact) mass is 371 g/mol. The summed E-state index contributed by atoms with van der Waals surface area (Å²) in [6.07, 6.45) is 2.96. The second-order valence-corrected chi connectivity index (χ2v) is 5.34. The molecule has 0 unspecified atom stereocenters. The zero-order valence-corrected chi connectivity index (χ0v) is 15.1. The molecule has 0 radical (unpaired) electrons. The molecule has 2 aromatic carbocycles. The summed E-state index contributed by atoms with van der Waals surface area (Å²) in [5.41, 5.74) is 1.28. The number of esters is 1. The van der Waals surface area contributed by atoms with Gasteiger partial charge in [0.15, 0.2) is 11.5 Å². The molecule has 0 atom stereocenters. The summed E-state index contributed by atoms with van der Waals surface area (Å²) in [4.78, 5) is 24.2. The molecule has 0 aliphatic rings. The van der Waals surface area contributed by atoms with Gasteiger partial charge in [0.05, 0.1) is 32.1 Å². The summed E-state index contributed by atoms with van der Waals surface area (Å²) in [5, 5.41) is 11.4. The standard InChI is InChI=1S/C20H21NO6/c1-25-17-9-7-14(13-18(17)26-2)8-10-19(23)21-16-6-4-3-5-15(16)20(24)27-12-11-22/h3-10,13,22H,11-12H2,1-2H3,(H,21,23). The van der Waals surface area contributed by atoms with Gasteiger partial charge in [-0.05, 0) is 35.9 Å². The van der Waals surface area contributed by atoms with Crippen LogP contribution in [0.3, 0.4) is 0 Å². The number of anilines is 1. The number of aliphatic hydroxyl groups excluding tert-OH is 1. The fraction of sp³-hybridized carbons (Fsp3) is 0.200. The van der Waals surface area contributed by atoms with Crippen LogP contribution in [0.1, 0.15) is 15.9 Å². The van der Waals surface area contributed by atoms with Crippen LogP contribution in [-0.4, -0.2) is 44.4 Å². The number of nitrogens with one attached hydrogen (secondary N) is 1. The first-order valence-electron chi connectivity index (χ1n) is 8.17. The van der Waals surface area contributed by atoms with Crippen molar-refractivity contribution in [1.82, 2.24) is 0 Å². The zero-order valence-electron chi connectivity index (χ0n) is 15.1. The second kappa shape index (κ2) is 9.98. The van der Waals surface area contributed by atoms with Crippen molar-refractivity contribution >= 4 is 23.6 Å². The highest BCUT2D eigenvalue weighted by molar-refractivity contribution is 6.06. The number of methoxy groups -OCH3 is 2. The third-order valence-corrected chi connectivity index (χ3v) is 3.56. The van der Waals surface area contributed by atoms with Crippen LogP contribution in [-0.2, 0) is 9.53 Å². The molecular formula is C20H21NO6. The first-order chi connectivity index (χ1) is 13.1. The van der Waals surface area contributed by atoms with Crippen molar-refractivity contribution in [2.75, 3.05) is 32.8 Å². The zero-order chi connectivity index (χ0) is 19.6. The van der Waals surface area contributed by atoms with Crippen molar-refractivity contribution in [2.45, 2.75) is 0 Å². The van der Waals surface area contributed by atoms with Gasteiger partial charge in [0, 0.05) is 6.08 Å². The molecular weight excluding hydrogens is 350 g/mol. The van der Waals surface area contributed by atoms with E-state index >= 15 is 0 Å². The number of aliphatic hydroxyl groups is 1. The third-order valence-electron chi connectivity index (χ3n) is 3.56. The van der Waals surface area contributed by atoms with Crippen LogP contribution in [0.25, 0.3) is 6.08 Å². The molecule has 0 aromatic heterocycles. The van der Waals surface area contributed by atoms with E-state index in [1.165, 1.54) is 19.3 Å². The van der Waals surface area contributed by atoms with Crippen molar-refractivity contribution in [1.29, 1.82) is 0 Å². The Hall–Kier alpha value is -3.32. The Morgan fingerprint density at radius 2 is 1.81 bits per heavy atom. The number of amides is 1. The molecule has 27 heavy (non-hydrogen) atoms. The number of carbonyl (C=O) groups excluding carboxylic acids is 2. The van der Waals surface area contributed by atoms with E-state index in [0.29, 0.717) is 17.2 Å². The largest absolute Gasteiger partial charge is 0.493 e. The second-order valence-electron chi connectivity index (χ2n) is 5.34. The van der Waals surface area contributed by atoms with Gasteiger partial charge >= 0.3 is 5.97 Å². The van der Waals surface area contributed by atoms with E-state index in [1.54, 1.807) is 49.6 Å². The fourth-order valence-electron chi connectivity index (χ4n) is 2.29. The lowest BCUT2D eigenvalue weighted by atomic mass is 10.1. The van der Waals surface area contributed by atoms with E-state index in [2.05, 4.69) is 5.32 Å². The van der Waals surface area contributed by atoms with E-state index in [9.17, 15) is 9.59 Å². The van der Waals surface area contributed by atoms with Crippen molar-refractivity contribution in [2.24, 2.45) is 0 Å². The van der Waals surface area contributed by atoms with Crippen molar-refractivity contribution in [3.63, 3.8) is 0 Å². The summed E-state index contributed by atoms with van der Waals surface area (Å²) >= 11 is 0.